The SMILES string of the molecule is CCCCCC(C(=O)OCC)C(=O)c1ccc(Cl)nc1. The highest BCUT2D eigenvalue weighted by molar-refractivity contribution is 6.29. The third-order valence-electron chi connectivity index (χ3n) is 3.00. The van der Waals surface area contributed by atoms with Crippen molar-refractivity contribution in [2.45, 2.75) is 39.5 Å². The van der Waals surface area contributed by atoms with Gasteiger partial charge in [0.05, 0.1) is 6.61 Å². The molecule has 1 unspecified atom stereocenters. The molecule has 0 aliphatic rings. The first kappa shape index (κ1) is 16.6. The van der Waals surface area contributed by atoms with E-state index in [0.29, 0.717) is 17.1 Å². The average molecular weight is 298 g/mol. The van der Waals surface area contributed by atoms with Crippen LogP contribution in [0.2, 0.25) is 5.15 Å². The Balaban J connectivity index is 2.82. The lowest BCUT2D eigenvalue weighted by atomic mass is 9.93. The third kappa shape index (κ3) is 4.93. The van der Waals surface area contributed by atoms with Gasteiger partial charge in [0.2, 0.25) is 0 Å². The Morgan fingerprint density at radius 1 is 1.30 bits per heavy atom. The molecule has 0 aliphatic carbocycles. The van der Waals surface area contributed by atoms with Gasteiger partial charge >= 0.3 is 5.97 Å². The zero-order chi connectivity index (χ0) is 15.0. The normalized spacial score (nSPS) is 11.9. The number of hydrogen-bond acceptors (Lipinski definition) is 4. The number of Topliss-reactive ketones (excluding diaryl/α,β-unsaturated/α-hetero) is 1. The van der Waals surface area contributed by atoms with Gasteiger partial charge < -0.3 is 4.74 Å². The van der Waals surface area contributed by atoms with Crippen molar-refractivity contribution in [1.82, 2.24) is 4.98 Å². The standard InChI is InChI=1S/C15H20ClNO3/c1-3-5-6-7-12(15(19)20-4-2)14(18)11-8-9-13(16)17-10-11/h8-10,12H,3-7H2,1-2H3. The number of pyridine rings is 1. The molecule has 0 N–H and O–H groups in total. The van der Waals surface area contributed by atoms with Crippen LogP contribution in [0.5, 0.6) is 0 Å². The van der Waals surface area contributed by atoms with Crippen LogP contribution < -0.4 is 0 Å². The minimum atomic E-state index is -0.746. The monoisotopic (exact) mass is 297 g/mol. The Labute approximate surface area is 124 Å². The van der Waals surface area contributed by atoms with E-state index in [1.165, 1.54) is 6.20 Å². The molecule has 0 amide bonds. The number of carbonyl (C=O) groups is 2. The number of rotatable bonds is 8. The molecular weight excluding hydrogens is 278 g/mol. The van der Waals surface area contributed by atoms with Crippen LogP contribution in [-0.2, 0) is 9.53 Å². The number of aromatic nitrogens is 1. The molecule has 0 aliphatic heterocycles. The molecular formula is C15H20ClNO3. The van der Waals surface area contributed by atoms with E-state index in [-0.39, 0.29) is 12.4 Å². The number of nitrogens with zero attached hydrogens (tertiary/aromatic N) is 1. The summed E-state index contributed by atoms with van der Waals surface area (Å²) < 4.78 is 4.99. The van der Waals surface area contributed by atoms with Crippen molar-refractivity contribution in [2.75, 3.05) is 6.61 Å². The summed E-state index contributed by atoms with van der Waals surface area (Å²) >= 11 is 5.70. The predicted octanol–water partition coefficient (Wildman–Crippen LogP) is 3.68. The zero-order valence-electron chi connectivity index (χ0n) is 11.9. The van der Waals surface area contributed by atoms with Crippen molar-refractivity contribution < 1.29 is 14.3 Å². The molecule has 0 bridgehead atoms. The summed E-state index contributed by atoms with van der Waals surface area (Å²) in [6.45, 7) is 4.08. The molecule has 4 nitrogen and oxygen atoms in total. The van der Waals surface area contributed by atoms with Crippen molar-refractivity contribution in [1.29, 1.82) is 0 Å². The number of ketones is 1. The summed E-state index contributed by atoms with van der Waals surface area (Å²) in [7, 11) is 0. The van der Waals surface area contributed by atoms with E-state index in [4.69, 9.17) is 16.3 Å². The molecule has 1 heterocycles. The number of ether oxygens (including phenoxy) is 1. The van der Waals surface area contributed by atoms with Crippen LogP contribution >= 0.6 is 11.6 Å². The Kier molecular flexibility index (Phi) is 7.23. The second-order valence-electron chi connectivity index (χ2n) is 4.53. The van der Waals surface area contributed by atoms with Gasteiger partial charge in [-0.25, -0.2) is 4.98 Å². The van der Waals surface area contributed by atoms with E-state index in [9.17, 15) is 9.59 Å². The molecule has 0 fully saturated rings. The first-order chi connectivity index (χ1) is 9.60. The van der Waals surface area contributed by atoms with E-state index in [1.54, 1.807) is 19.1 Å². The number of unbranched alkanes of at least 4 members (excludes halogenated alkanes) is 2. The van der Waals surface area contributed by atoms with E-state index >= 15 is 0 Å². The van der Waals surface area contributed by atoms with Crippen molar-refractivity contribution >= 4 is 23.4 Å². The van der Waals surface area contributed by atoms with Gasteiger partial charge in [-0.2, -0.15) is 0 Å². The van der Waals surface area contributed by atoms with Crippen molar-refractivity contribution in [3.05, 3.63) is 29.0 Å². The van der Waals surface area contributed by atoms with Gasteiger partial charge in [-0.1, -0.05) is 37.8 Å². The van der Waals surface area contributed by atoms with Crippen molar-refractivity contribution in [2.24, 2.45) is 5.92 Å². The first-order valence-electron chi connectivity index (χ1n) is 6.92. The van der Waals surface area contributed by atoms with Gasteiger partial charge in [-0.05, 0) is 25.5 Å². The van der Waals surface area contributed by atoms with Crippen molar-refractivity contribution in [3.8, 4) is 0 Å². The highest BCUT2D eigenvalue weighted by Crippen LogP contribution is 2.18. The van der Waals surface area contributed by atoms with Crippen LogP contribution in [0.1, 0.15) is 49.9 Å². The highest BCUT2D eigenvalue weighted by atomic mass is 35.5. The van der Waals surface area contributed by atoms with Crippen LogP contribution in [0, 0.1) is 5.92 Å². The van der Waals surface area contributed by atoms with Gasteiger partial charge in [0.25, 0.3) is 0 Å². The van der Waals surface area contributed by atoms with Gasteiger partial charge in [-0.15, -0.1) is 0 Å². The maximum atomic E-state index is 12.4. The second kappa shape index (κ2) is 8.69. The second-order valence-corrected chi connectivity index (χ2v) is 4.92. The molecule has 0 spiro atoms. The Hall–Kier alpha value is -1.42. The molecule has 0 aromatic carbocycles. The maximum absolute atomic E-state index is 12.4. The minimum Gasteiger partial charge on any atom is -0.465 e. The Morgan fingerprint density at radius 3 is 2.60 bits per heavy atom. The Bertz CT molecular complexity index is 445. The van der Waals surface area contributed by atoms with E-state index in [1.807, 2.05) is 0 Å². The number of esters is 1. The Morgan fingerprint density at radius 2 is 2.05 bits per heavy atom. The number of carbonyl (C=O) groups excluding carboxylic acids is 2. The molecule has 0 radical (unpaired) electrons. The summed E-state index contributed by atoms with van der Waals surface area (Å²) in [5, 5.41) is 0.320. The largest absolute Gasteiger partial charge is 0.465 e. The summed E-state index contributed by atoms with van der Waals surface area (Å²) in [5.74, 6) is -1.45. The van der Waals surface area contributed by atoms with Gasteiger partial charge in [0.15, 0.2) is 5.78 Å². The number of halogens is 1. The van der Waals surface area contributed by atoms with E-state index < -0.39 is 11.9 Å². The van der Waals surface area contributed by atoms with Gasteiger partial charge in [0, 0.05) is 11.8 Å². The van der Waals surface area contributed by atoms with Gasteiger partial charge in [0.1, 0.15) is 11.1 Å². The van der Waals surface area contributed by atoms with Crippen LogP contribution in [0.15, 0.2) is 18.3 Å². The molecule has 1 atom stereocenters. The third-order valence-corrected chi connectivity index (χ3v) is 3.22. The predicted molar refractivity (Wildman–Crippen MR) is 77.8 cm³/mol. The summed E-state index contributed by atoms with van der Waals surface area (Å²) in [5.41, 5.74) is 0.393. The molecule has 0 saturated heterocycles. The fraction of sp³-hybridized carbons (Fsp3) is 0.533. The number of hydrogen-bond donors (Lipinski definition) is 0. The smallest absolute Gasteiger partial charge is 0.316 e. The fourth-order valence-corrected chi connectivity index (χ4v) is 2.03. The molecule has 110 valence electrons. The van der Waals surface area contributed by atoms with E-state index in [0.717, 1.165) is 19.3 Å². The average Bonchev–Trinajstić information content (AvgIpc) is 2.44. The molecule has 1 rings (SSSR count). The summed E-state index contributed by atoms with van der Waals surface area (Å²) in [4.78, 5) is 28.2. The van der Waals surface area contributed by atoms with Crippen molar-refractivity contribution in [3.63, 3.8) is 0 Å². The fourth-order valence-electron chi connectivity index (χ4n) is 1.92. The summed E-state index contributed by atoms with van der Waals surface area (Å²) in [6, 6.07) is 3.13. The quantitative estimate of drug-likeness (QED) is 0.241. The summed E-state index contributed by atoms with van der Waals surface area (Å²) in [6.07, 6.45) is 4.76. The molecule has 1 aromatic rings. The highest BCUT2D eigenvalue weighted by Gasteiger charge is 2.28. The lowest BCUT2D eigenvalue weighted by molar-refractivity contribution is -0.146. The van der Waals surface area contributed by atoms with Crippen LogP contribution in [0.4, 0.5) is 0 Å². The maximum Gasteiger partial charge on any atom is 0.316 e. The first-order valence-corrected chi connectivity index (χ1v) is 7.30. The molecule has 0 saturated carbocycles. The molecule has 5 heteroatoms. The van der Waals surface area contributed by atoms with Crippen LogP contribution in [0.25, 0.3) is 0 Å². The lowest BCUT2D eigenvalue weighted by Crippen LogP contribution is -2.26. The molecule has 20 heavy (non-hydrogen) atoms. The van der Waals surface area contributed by atoms with Crippen LogP contribution in [-0.4, -0.2) is 23.3 Å². The topological polar surface area (TPSA) is 56.3 Å². The lowest BCUT2D eigenvalue weighted by Gasteiger charge is -2.14. The van der Waals surface area contributed by atoms with Crippen LogP contribution in [0.3, 0.4) is 0 Å². The molecule has 1 aromatic heterocycles. The zero-order valence-corrected chi connectivity index (χ0v) is 12.7. The minimum absolute atomic E-state index is 0.247. The van der Waals surface area contributed by atoms with Gasteiger partial charge in [-0.3, -0.25) is 9.59 Å². The van der Waals surface area contributed by atoms with E-state index in [2.05, 4.69) is 11.9 Å².